The minimum absolute atomic E-state index is 0.0977. The lowest BCUT2D eigenvalue weighted by atomic mass is 10.4. The first-order valence-corrected chi connectivity index (χ1v) is 7.97. The van der Waals surface area contributed by atoms with Gasteiger partial charge in [-0.3, -0.25) is 10.1 Å². The number of nitrogens with one attached hydrogen (secondary N) is 1. The van der Waals surface area contributed by atoms with Gasteiger partial charge in [0.1, 0.15) is 16.4 Å². The van der Waals surface area contributed by atoms with E-state index in [0.29, 0.717) is 23.6 Å². The highest BCUT2D eigenvalue weighted by Gasteiger charge is 2.24. The summed E-state index contributed by atoms with van der Waals surface area (Å²) in [5.41, 5.74) is 5.02. The number of anilines is 1. The van der Waals surface area contributed by atoms with Gasteiger partial charge in [0.05, 0.1) is 4.92 Å². The second kappa shape index (κ2) is 5.75. The van der Waals surface area contributed by atoms with Crippen LogP contribution in [0.4, 0.5) is 10.7 Å². The van der Waals surface area contributed by atoms with E-state index in [1.807, 2.05) is 0 Å². The summed E-state index contributed by atoms with van der Waals surface area (Å²) < 4.78 is 27.8. The summed E-state index contributed by atoms with van der Waals surface area (Å²) in [6.45, 7) is 0.0977. The molecule has 2 rings (SSSR count). The van der Waals surface area contributed by atoms with E-state index in [-0.39, 0.29) is 15.8 Å². The van der Waals surface area contributed by atoms with Gasteiger partial charge in [0, 0.05) is 26.1 Å². The number of nitrogens with zero attached hydrogens (tertiary/aromatic N) is 4. The summed E-state index contributed by atoms with van der Waals surface area (Å²) in [4.78, 5) is 9.95. The number of hydrogen-bond donors (Lipinski definition) is 2. The standard InChI is InChI=1S/C9H12N6O4S2/c1-14-5-11-13-7(14)2-3-12-21(18,19)8-4-6(15(16)17)9(10)20-8/h4-5,12H,2-3,10H2,1H3. The van der Waals surface area contributed by atoms with Crippen molar-refractivity contribution in [3.63, 3.8) is 0 Å². The molecule has 0 spiro atoms. The van der Waals surface area contributed by atoms with Crippen LogP contribution in [0.15, 0.2) is 16.6 Å². The molecule has 0 unspecified atom stereocenters. The van der Waals surface area contributed by atoms with Crippen LogP contribution in [-0.2, 0) is 23.5 Å². The number of aryl methyl sites for hydroxylation is 1. The third-order valence-electron chi connectivity index (χ3n) is 2.62. The first-order valence-electron chi connectivity index (χ1n) is 5.67. The average Bonchev–Trinajstić information content (AvgIpc) is 2.96. The molecule has 0 amide bonds. The van der Waals surface area contributed by atoms with Gasteiger partial charge < -0.3 is 10.3 Å². The van der Waals surface area contributed by atoms with Gasteiger partial charge in [-0.05, 0) is 0 Å². The van der Waals surface area contributed by atoms with E-state index >= 15 is 0 Å². The third-order valence-corrected chi connectivity index (χ3v) is 5.51. The first-order chi connectivity index (χ1) is 9.81. The SMILES string of the molecule is Cn1cnnc1CCNS(=O)(=O)c1cc([N+](=O)[O-])c(N)s1. The predicted octanol–water partition coefficient (Wildman–Crippen LogP) is -0.112. The normalized spacial score (nSPS) is 11.7. The van der Waals surface area contributed by atoms with Gasteiger partial charge in [-0.15, -0.1) is 10.2 Å². The Morgan fingerprint density at radius 1 is 1.57 bits per heavy atom. The number of nitrogen functional groups attached to an aromatic ring is 1. The van der Waals surface area contributed by atoms with Gasteiger partial charge >= 0.3 is 5.69 Å². The Hall–Kier alpha value is -2.05. The van der Waals surface area contributed by atoms with Crippen LogP contribution in [0.2, 0.25) is 0 Å². The van der Waals surface area contributed by atoms with Gasteiger partial charge in [-0.2, -0.15) is 0 Å². The first kappa shape index (κ1) is 15.3. The molecular formula is C9H12N6O4S2. The summed E-state index contributed by atoms with van der Waals surface area (Å²) >= 11 is 0.653. The molecule has 0 saturated heterocycles. The zero-order chi connectivity index (χ0) is 15.6. The van der Waals surface area contributed by atoms with Crippen LogP contribution < -0.4 is 10.5 Å². The number of aromatic nitrogens is 3. The Balaban J connectivity index is 2.07. The number of nitrogens with two attached hydrogens (primary N) is 1. The Kier molecular flexibility index (Phi) is 4.20. The third kappa shape index (κ3) is 3.34. The molecule has 0 aliphatic heterocycles. The van der Waals surface area contributed by atoms with Crippen LogP contribution in [0.25, 0.3) is 0 Å². The molecule has 0 aliphatic rings. The van der Waals surface area contributed by atoms with Crippen molar-refractivity contribution in [2.75, 3.05) is 12.3 Å². The van der Waals surface area contributed by atoms with Gasteiger partial charge in [0.25, 0.3) is 0 Å². The van der Waals surface area contributed by atoms with E-state index in [1.54, 1.807) is 11.6 Å². The molecular weight excluding hydrogens is 320 g/mol. The highest BCUT2D eigenvalue weighted by Crippen LogP contribution is 2.34. The molecule has 0 aliphatic carbocycles. The van der Waals surface area contributed by atoms with E-state index < -0.39 is 20.6 Å². The van der Waals surface area contributed by atoms with E-state index in [9.17, 15) is 18.5 Å². The van der Waals surface area contributed by atoms with Crippen molar-refractivity contribution < 1.29 is 13.3 Å². The molecule has 0 bridgehead atoms. The van der Waals surface area contributed by atoms with E-state index in [2.05, 4.69) is 14.9 Å². The molecule has 114 valence electrons. The zero-order valence-electron chi connectivity index (χ0n) is 10.9. The minimum atomic E-state index is -3.83. The fourth-order valence-corrected chi connectivity index (χ4v) is 3.84. The maximum absolute atomic E-state index is 12.0. The smallest absolute Gasteiger partial charge is 0.304 e. The van der Waals surface area contributed by atoms with Crippen LogP contribution in [0.3, 0.4) is 0 Å². The topological polar surface area (TPSA) is 146 Å². The molecule has 2 aromatic heterocycles. The van der Waals surface area contributed by atoms with Crippen molar-refractivity contribution in [2.45, 2.75) is 10.6 Å². The number of thiophene rings is 1. The Bertz CT molecular complexity index is 765. The van der Waals surface area contributed by atoms with E-state index in [4.69, 9.17) is 5.73 Å². The number of sulfonamides is 1. The number of hydrogen-bond acceptors (Lipinski definition) is 8. The fraction of sp³-hybridized carbons (Fsp3) is 0.333. The van der Waals surface area contributed by atoms with Crippen molar-refractivity contribution >= 4 is 32.0 Å². The number of nitro groups is 1. The highest BCUT2D eigenvalue weighted by molar-refractivity contribution is 7.91. The van der Waals surface area contributed by atoms with Crippen LogP contribution in [0, 0.1) is 10.1 Å². The molecule has 2 aromatic rings. The second-order valence-corrected chi connectivity index (χ2v) is 7.16. The maximum atomic E-state index is 12.0. The van der Waals surface area contributed by atoms with Crippen molar-refractivity contribution in [1.82, 2.24) is 19.5 Å². The summed E-state index contributed by atoms with van der Waals surface area (Å²) in [5, 5.41) is 18.0. The summed E-state index contributed by atoms with van der Waals surface area (Å²) in [7, 11) is -2.09. The quantitative estimate of drug-likeness (QED) is 0.554. The zero-order valence-corrected chi connectivity index (χ0v) is 12.5. The predicted molar refractivity (Wildman–Crippen MR) is 75.3 cm³/mol. The average molecular weight is 332 g/mol. The summed E-state index contributed by atoms with van der Waals surface area (Å²) in [6.07, 6.45) is 1.85. The van der Waals surface area contributed by atoms with Crippen molar-refractivity contribution in [1.29, 1.82) is 0 Å². The molecule has 10 nitrogen and oxygen atoms in total. The van der Waals surface area contributed by atoms with Crippen LogP contribution in [0.1, 0.15) is 5.82 Å². The van der Waals surface area contributed by atoms with Crippen LogP contribution in [0.5, 0.6) is 0 Å². The second-order valence-electron chi connectivity index (χ2n) is 4.08. The van der Waals surface area contributed by atoms with Gasteiger partial charge in [0.2, 0.25) is 10.0 Å². The molecule has 0 saturated carbocycles. The lowest BCUT2D eigenvalue weighted by Crippen LogP contribution is -2.26. The lowest BCUT2D eigenvalue weighted by molar-refractivity contribution is -0.383. The van der Waals surface area contributed by atoms with E-state index in [1.165, 1.54) is 6.33 Å². The molecule has 2 heterocycles. The molecule has 0 atom stereocenters. The van der Waals surface area contributed by atoms with Gasteiger partial charge in [0.15, 0.2) is 5.00 Å². The summed E-state index contributed by atoms with van der Waals surface area (Å²) in [5.74, 6) is 0.620. The molecule has 21 heavy (non-hydrogen) atoms. The molecule has 3 N–H and O–H groups in total. The number of rotatable bonds is 6. The van der Waals surface area contributed by atoms with Crippen LogP contribution in [-0.4, -0.2) is 34.7 Å². The largest absolute Gasteiger partial charge is 0.385 e. The molecule has 0 aromatic carbocycles. The van der Waals surface area contributed by atoms with Crippen LogP contribution >= 0.6 is 11.3 Å². The molecule has 0 fully saturated rings. The minimum Gasteiger partial charge on any atom is -0.385 e. The van der Waals surface area contributed by atoms with E-state index in [0.717, 1.165) is 6.07 Å². The molecule has 0 radical (unpaired) electrons. The van der Waals surface area contributed by atoms with Gasteiger partial charge in [-0.25, -0.2) is 13.1 Å². The Morgan fingerprint density at radius 2 is 2.29 bits per heavy atom. The Labute approximate surface area is 123 Å². The fourth-order valence-electron chi connectivity index (χ4n) is 1.55. The summed E-state index contributed by atoms with van der Waals surface area (Å²) in [6, 6.07) is 0.949. The molecule has 12 heteroatoms. The maximum Gasteiger partial charge on any atom is 0.304 e. The van der Waals surface area contributed by atoms with Crippen molar-refractivity contribution in [3.05, 3.63) is 28.3 Å². The lowest BCUT2D eigenvalue weighted by Gasteiger charge is -2.03. The van der Waals surface area contributed by atoms with Gasteiger partial charge in [-0.1, -0.05) is 11.3 Å². The van der Waals surface area contributed by atoms with Crippen molar-refractivity contribution in [2.24, 2.45) is 7.05 Å². The Morgan fingerprint density at radius 3 is 2.81 bits per heavy atom. The monoisotopic (exact) mass is 332 g/mol. The highest BCUT2D eigenvalue weighted by atomic mass is 32.2. The van der Waals surface area contributed by atoms with Crippen molar-refractivity contribution in [3.8, 4) is 0 Å².